The number of nitrogens with zero attached hydrogens (tertiary/aromatic N) is 1. The van der Waals surface area contributed by atoms with E-state index >= 15 is 0 Å². The highest BCUT2D eigenvalue weighted by Gasteiger charge is 2.27. The molecule has 0 atom stereocenters. The van der Waals surface area contributed by atoms with Crippen LogP contribution in [-0.4, -0.2) is 43.0 Å². The van der Waals surface area contributed by atoms with Crippen LogP contribution in [0.25, 0.3) is 11.1 Å². The van der Waals surface area contributed by atoms with E-state index in [9.17, 15) is 9.59 Å². The van der Waals surface area contributed by atoms with Crippen LogP contribution in [0.4, 0.5) is 5.00 Å². The van der Waals surface area contributed by atoms with E-state index in [2.05, 4.69) is 17.1 Å². The van der Waals surface area contributed by atoms with Crippen LogP contribution in [0.5, 0.6) is 0 Å². The maximum atomic E-state index is 12.8. The Morgan fingerprint density at radius 1 is 1.20 bits per heavy atom. The average molecular weight is 449 g/mol. The number of halogens is 1. The normalized spacial score (nSPS) is 15.2. The summed E-state index contributed by atoms with van der Waals surface area (Å²) in [5.41, 5.74) is 2.10. The Hall–Kier alpha value is -1.89. The van der Waals surface area contributed by atoms with Gasteiger partial charge in [0.1, 0.15) is 10.6 Å². The molecular weight excluding hydrogens is 420 g/mol. The molecule has 3 rings (SSSR count). The first-order chi connectivity index (χ1) is 14.4. The van der Waals surface area contributed by atoms with E-state index in [0.29, 0.717) is 27.9 Å². The largest absolute Gasteiger partial charge is 0.462 e. The number of hydrogen-bond acceptors (Lipinski definition) is 5. The van der Waals surface area contributed by atoms with Gasteiger partial charge in [0, 0.05) is 21.9 Å². The highest BCUT2D eigenvalue weighted by Crippen LogP contribution is 2.41. The molecule has 1 N–H and O–H groups in total. The van der Waals surface area contributed by atoms with Crippen LogP contribution in [0.1, 0.15) is 48.3 Å². The molecule has 0 saturated carbocycles. The van der Waals surface area contributed by atoms with E-state index in [1.807, 2.05) is 19.1 Å². The minimum atomic E-state index is -0.418. The Morgan fingerprint density at radius 2 is 1.87 bits per heavy atom. The summed E-state index contributed by atoms with van der Waals surface area (Å²) in [6.45, 7) is 9.32. The molecule has 0 bridgehead atoms. The van der Waals surface area contributed by atoms with Crippen molar-refractivity contribution in [2.75, 3.05) is 31.6 Å². The van der Waals surface area contributed by atoms with Gasteiger partial charge in [-0.05, 0) is 69.9 Å². The summed E-state index contributed by atoms with van der Waals surface area (Å²) in [6, 6.07) is 7.36. The molecule has 1 aliphatic rings. The lowest BCUT2D eigenvalue weighted by molar-refractivity contribution is -0.117. The molecule has 1 aliphatic heterocycles. The lowest BCUT2D eigenvalue weighted by atomic mass is 9.93. The number of carbonyl (C=O) groups is 2. The fraction of sp³-hybridized carbons (Fsp3) is 0.478. The van der Waals surface area contributed by atoms with Crippen molar-refractivity contribution in [1.82, 2.24) is 4.90 Å². The number of amides is 1. The fourth-order valence-electron chi connectivity index (χ4n) is 3.94. The number of hydrogen-bond donors (Lipinski definition) is 1. The zero-order chi connectivity index (χ0) is 21.7. The van der Waals surface area contributed by atoms with Crippen molar-refractivity contribution >= 4 is 39.8 Å². The van der Waals surface area contributed by atoms with E-state index in [1.54, 1.807) is 19.1 Å². The molecule has 1 saturated heterocycles. The Labute approximate surface area is 187 Å². The van der Waals surface area contributed by atoms with Crippen LogP contribution in [0.3, 0.4) is 0 Å². The van der Waals surface area contributed by atoms with E-state index in [-0.39, 0.29) is 12.5 Å². The van der Waals surface area contributed by atoms with Crippen LogP contribution in [0, 0.1) is 12.8 Å². The number of aryl methyl sites for hydroxylation is 1. The van der Waals surface area contributed by atoms with Crippen molar-refractivity contribution in [3.8, 4) is 11.1 Å². The summed E-state index contributed by atoms with van der Waals surface area (Å²) >= 11 is 7.44. The quantitative estimate of drug-likeness (QED) is 0.559. The lowest BCUT2D eigenvalue weighted by Crippen LogP contribution is -2.34. The standard InChI is InChI=1S/C23H29ClN2O3S/c1-4-26-12-10-16(11-13-26)14-19(27)25-22-21(23(28)29-5-2)20(15(3)30-22)17-6-8-18(24)9-7-17/h6-9,16H,4-5,10-14H2,1-3H3,(H,25,27). The first-order valence-corrected chi connectivity index (χ1v) is 11.7. The molecule has 1 amide bonds. The van der Waals surface area contributed by atoms with Crippen molar-refractivity contribution in [3.63, 3.8) is 0 Å². The van der Waals surface area contributed by atoms with E-state index in [1.165, 1.54) is 11.3 Å². The van der Waals surface area contributed by atoms with Gasteiger partial charge in [-0.2, -0.15) is 0 Å². The Kier molecular flexibility index (Phi) is 7.92. The number of thiophene rings is 1. The van der Waals surface area contributed by atoms with Crippen molar-refractivity contribution in [2.45, 2.75) is 40.0 Å². The molecule has 0 spiro atoms. The van der Waals surface area contributed by atoms with E-state index in [4.69, 9.17) is 16.3 Å². The van der Waals surface area contributed by atoms with Gasteiger partial charge in [0.2, 0.25) is 5.91 Å². The Balaban J connectivity index is 1.81. The second-order valence-corrected chi connectivity index (χ2v) is 9.26. The van der Waals surface area contributed by atoms with Gasteiger partial charge in [0.25, 0.3) is 0 Å². The highest BCUT2D eigenvalue weighted by atomic mass is 35.5. The molecule has 1 fully saturated rings. The predicted molar refractivity (Wildman–Crippen MR) is 124 cm³/mol. The summed E-state index contributed by atoms with van der Waals surface area (Å²) in [5, 5.41) is 4.20. The molecule has 2 heterocycles. The zero-order valence-electron chi connectivity index (χ0n) is 17.8. The number of anilines is 1. The third-order valence-electron chi connectivity index (χ3n) is 5.58. The molecule has 7 heteroatoms. The number of benzene rings is 1. The fourth-order valence-corrected chi connectivity index (χ4v) is 5.15. The summed E-state index contributed by atoms with van der Waals surface area (Å²) < 4.78 is 5.31. The van der Waals surface area contributed by atoms with Crippen molar-refractivity contribution in [2.24, 2.45) is 5.92 Å². The summed E-state index contributed by atoms with van der Waals surface area (Å²) in [7, 11) is 0. The maximum Gasteiger partial charge on any atom is 0.341 e. The zero-order valence-corrected chi connectivity index (χ0v) is 19.4. The van der Waals surface area contributed by atoms with Crippen LogP contribution < -0.4 is 5.32 Å². The third kappa shape index (κ3) is 5.42. The minimum Gasteiger partial charge on any atom is -0.462 e. The maximum absolute atomic E-state index is 12.8. The molecule has 5 nitrogen and oxygen atoms in total. The molecule has 1 aromatic heterocycles. The van der Waals surface area contributed by atoms with Crippen molar-refractivity contribution < 1.29 is 14.3 Å². The highest BCUT2D eigenvalue weighted by molar-refractivity contribution is 7.17. The SMILES string of the molecule is CCOC(=O)c1c(NC(=O)CC2CCN(CC)CC2)sc(C)c1-c1ccc(Cl)cc1. The number of piperidine rings is 1. The van der Waals surface area contributed by atoms with Gasteiger partial charge in [-0.3, -0.25) is 4.79 Å². The van der Waals surface area contributed by atoms with Crippen LogP contribution in [-0.2, 0) is 9.53 Å². The van der Waals surface area contributed by atoms with Crippen LogP contribution >= 0.6 is 22.9 Å². The molecule has 0 aliphatic carbocycles. The Morgan fingerprint density at radius 3 is 2.47 bits per heavy atom. The topological polar surface area (TPSA) is 58.6 Å². The molecule has 1 aromatic carbocycles. The van der Waals surface area contributed by atoms with Gasteiger partial charge in [-0.25, -0.2) is 4.79 Å². The van der Waals surface area contributed by atoms with Crippen LogP contribution in [0.2, 0.25) is 5.02 Å². The average Bonchev–Trinajstić information content (AvgIpc) is 3.05. The molecule has 0 radical (unpaired) electrons. The van der Waals surface area contributed by atoms with Crippen LogP contribution in [0.15, 0.2) is 24.3 Å². The first-order valence-electron chi connectivity index (χ1n) is 10.5. The molecule has 2 aromatic rings. The van der Waals surface area contributed by atoms with Gasteiger partial charge in [-0.1, -0.05) is 30.7 Å². The summed E-state index contributed by atoms with van der Waals surface area (Å²) in [5.74, 6) is -0.0756. The lowest BCUT2D eigenvalue weighted by Gasteiger charge is -2.30. The van der Waals surface area contributed by atoms with Gasteiger partial charge in [0.05, 0.1) is 6.61 Å². The molecule has 30 heavy (non-hydrogen) atoms. The third-order valence-corrected chi connectivity index (χ3v) is 6.85. The summed E-state index contributed by atoms with van der Waals surface area (Å²) in [4.78, 5) is 28.9. The minimum absolute atomic E-state index is 0.0422. The number of carbonyl (C=O) groups excluding carboxylic acids is 2. The van der Waals surface area contributed by atoms with Gasteiger partial charge >= 0.3 is 5.97 Å². The number of nitrogens with one attached hydrogen (secondary N) is 1. The molecule has 162 valence electrons. The van der Waals surface area contributed by atoms with Crippen molar-refractivity contribution in [3.05, 3.63) is 39.7 Å². The second-order valence-electron chi connectivity index (χ2n) is 7.59. The van der Waals surface area contributed by atoms with Gasteiger partial charge < -0.3 is 15.0 Å². The number of rotatable bonds is 7. The van der Waals surface area contributed by atoms with Gasteiger partial charge in [-0.15, -0.1) is 11.3 Å². The molecular formula is C23H29ClN2O3S. The number of likely N-dealkylation sites (tertiary alicyclic amines) is 1. The second kappa shape index (κ2) is 10.4. The molecule has 0 unspecified atom stereocenters. The number of ether oxygens (including phenoxy) is 1. The van der Waals surface area contributed by atoms with Gasteiger partial charge in [0.15, 0.2) is 0 Å². The Bertz CT molecular complexity index is 887. The number of esters is 1. The van der Waals surface area contributed by atoms with Crippen molar-refractivity contribution in [1.29, 1.82) is 0 Å². The first kappa shape index (κ1) is 22.8. The van der Waals surface area contributed by atoms with E-state index in [0.717, 1.165) is 48.5 Å². The van der Waals surface area contributed by atoms with E-state index < -0.39 is 5.97 Å². The smallest absolute Gasteiger partial charge is 0.341 e. The monoisotopic (exact) mass is 448 g/mol. The summed E-state index contributed by atoms with van der Waals surface area (Å²) in [6.07, 6.45) is 2.55. The predicted octanol–water partition coefficient (Wildman–Crippen LogP) is 5.61.